The van der Waals surface area contributed by atoms with Crippen LogP contribution >= 0.6 is 0 Å². The molecule has 2 aromatic carbocycles. The van der Waals surface area contributed by atoms with E-state index in [0.29, 0.717) is 6.54 Å². The number of rotatable bonds is 3. The van der Waals surface area contributed by atoms with Gasteiger partial charge in [0.1, 0.15) is 5.82 Å². The van der Waals surface area contributed by atoms with Gasteiger partial charge in [0.05, 0.1) is 11.2 Å². The molecule has 25 heavy (non-hydrogen) atoms. The van der Waals surface area contributed by atoms with Gasteiger partial charge in [0.15, 0.2) is 0 Å². The molecule has 3 nitrogen and oxygen atoms in total. The van der Waals surface area contributed by atoms with Crippen LogP contribution in [-0.2, 0) is 6.54 Å². The average Bonchev–Trinajstić information content (AvgIpc) is 2.89. The molecule has 4 rings (SSSR count). The van der Waals surface area contributed by atoms with Crippen molar-refractivity contribution < 1.29 is 4.39 Å². The minimum absolute atomic E-state index is 0.235. The van der Waals surface area contributed by atoms with Gasteiger partial charge in [-0.1, -0.05) is 12.1 Å². The molecule has 2 heterocycles. The van der Waals surface area contributed by atoms with Gasteiger partial charge < -0.3 is 10.3 Å². The lowest BCUT2D eigenvalue weighted by Gasteiger charge is -2.12. The second-order valence-corrected chi connectivity index (χ2v) is 6.20. The van der Waals surface area contributed by atoms with Gasteiger partial charge in [-0.2, -0.15) is 0 Å². The number of fused-ring (bicyclic) bond motifs is 1. The zero-order valence-corrected chi connectivity index (χ0v) is 13.9. The quantitative estimate of drug-likeness (QED) is 0.549. The van der Waals surface area contributed by atoms with Crippen LogP contribution in [0.5, 0.6) is 0 Å². The van der Waals surface area contributed by atoms with Crippen molar-refractivity contribution in [3.8, 4) is 11.3 Å². The number of halogens is 1. The summed E-state index contributed by atoms with van der Waals surface area (Å²) in [5, 5.41) is 1.05. The molecular formula is C21H18FN3. The Morgan fingerprint density at radius 2 is 1.88 bits per heavy atom. The van der Waals surface area contributed by atoms with E-state index in [1.807, 2.05) is 48.7 Å². The molecule has 0 unspecified atom stereocenters. The van der Waals surface area contributed by atoms with Crippen LogP contribution in [0.3, 0.4) is 0 Å². The van der Waals surface area contributed by atoms with E-state index in [-0.39, 0.29) is 5.82 Å². The highest BCUT2D eigenvalue weighted by atomic mass is 19.1. The number of aryl methyl sites for hydroxylation is 1. The molecule has 2 aromatic heterocycles. The Balaban J connectivity index is 1.96. The lowest BCUT2D eigenvalue weighted by molar-refractivity contribution is 0.628. The molecule has 0 aliphatic carbocycles. The molecule has 0 saturated heterocycles. The smallest absolute Gasteiger partial charge is 0.125 e. The van der Waals surface area contributed by atoms with Gasteiger partial charge in [0, 0.05) is 35.6 Å². The van der Waals surface area contributed by atoms with Crippen molar-refractivity contribution in [2.75, 3.05) is 5.73 Å². The van der Waals surface area contributed by atoms with Gasteiger partial charge in [-0.05, 0) is 60.5 Å². The summed E-state index contributed by atoms with van der Waals surface area (Å²) in [4.78, 5) is 4.25. The van der Waals surface area contributed by atoms with Crippen LogP contribution in [0.1, 0.15) is 11.1 Å². The molecule has 0 atom stereocenters. The lowest BCUT2D eigenvalue weighted by atomic mass is 10.1. The van der Waals surface area contributed by atoms with Crippen molar-refractivity contribution in [2.45, 2.75) is 13.5 Å². The summed E-state index contributed by atoms with van der Waals surface area (Å²) in [6.07, 6.45) is 3.60. The van der Waals surface area contributed by atoms with Crippen molar-refractivity contribution in [1.82, 2.24) is 9.55 Å². The zero-order chi connectivity index (χ0) is 17.4. The SMILES string of the molecule is Cc1c(-c2cccnc2)n(Cc2ccc(N)cc2)c2cc(F)ccc12. The van der Waals surface area contributed by atoms with E-state index in [9.17, 15) is 4.39 Å². The van der Waals surface area contributed by atoms with Gasteiger partial charge in [-0.3, -0.25) is 4.98 Å². The number of hydrogen-bond acceptors (Lipinski definition) is 2. The minimum Gasteiger partial charge on any atom is -0.399 e. The molecule has 2 N–H and O–H groups in total. The van der Waals surface area contributed by atoms with E-state index < -0.39 is 0 Å². The van der Waals surface area contributed by atoms with Crippen LogP contribution in [0.15, 0.2) is 67.0 Å². The Kier molecular flexibility index (Phi) is 3.73. The fourth-order valence-corrected chi connectivity index (χ4v) is 3.34. The summed E-state index contributed by atoms with van der Waals surface area (Å²) in [6.45, 7) is 2.71. The number of nitrogen functional groups attached to an aromatic ring is 1. The summed E-state index contributed by atoms with van der Waals surface area (Å²) < 4.78 is 16.1. The molecule has 0 aliphatic heterocycles. The number of hydrogen-bond donors (Lipinski definition) is 1. The van der Waals surface area contributed by atoms with Gasteiger partial charge in [0.2, 0.25) is 0 Å². The second-order valence-electron chi connectivity index (χ2n) is 6.20. The third-order valence-electron chi connectivity index (χ3n) is 4.54. The Labute approximate surface area is 145 Å². The maximum Gasteiger partial charge on any atom is 0.125 e. The number of nitrogens with zero attached hydrogens (tertiary/aromatic N) is 2. The molecule has 0 bridgehead atoms. The van der Waals surface area contributed by atoms with Crippen LogP contribution in [0.25, 0.3) is 22.2 Å². The van der Waals surface area contributed by atoms with Crippen molar-refractivity contribution in [3.05, 3.63) is 83.9 Å². The highest BCUT2D eigenvalue weighted by Gasteiger charge is 2.16. The Morgan fingerprint density at radius 3 is 2.60 bits per heavy atom. The summed E-state index contributed by atoms with van der Waals surface area (Å²) in [6, 6.07) is 16.7. The van der Waals surface area contributed by atoms with Crippen molar-refractivity contribution in [1.29, 1.82) is 0 Å². The first-order valence-electron chi connectivity index (χ1n) is 8.16. The van der Waals surface area contributed by atoms with Gasteiger partial charge in [0.25, 0.3) is 0 Å². The van der Waals surface area contributed by atoms with E-state index in [0.717, 1.165) is 39.0 Å². The monoisotopic (exact) mass is 331 g/mol. The summed E-state index contributed by atoms with van der Waals surface area (Å²) in [5.41, 5.74) is 11.7. The predicted molar refractivity (Wildman–Crippen MR) is 99.8 cm³/mol. The molecule has 0 saturated carbocycles. The molecule has 0 spiro atoms. The third-order valence-corrected chi connectivity index (χ3v) is 4.54. The van der Waals surface area contributed by atoms with Crippen molar-refractivity contribution in [2.24, 2.45) is 0 Å². The topological polar surface area (TPSA) is 43.8 Å². The summed E-state index contributed by atoms with van der Waals surface area (Å²) in [7, 11) is 0. The first-order chi connectivity index (χ1) is 12.1. The Morgan fingerprint density at radius 1 is 1.08 bits per heavy atom. The van der Waals surface area contributed by atoms with Gasteiger partial charge >= 0.3 is 0 Å². The van der Waals surface area contributed by atoms with E-state index in [1.54, 1.807) is 12.3 Å². The molecule has 0 fully saturated rings. The molecule has 4 heteroatoms. The number of benzene rings is 2. The van der Waals surface area contributed by atoms with Crippen molar-refractivity contribution in [3.63, 3.8) is 0 Å². The lowest BCUT2D eigenvalue weighted by Crippen LogP contribution is -2.03. The fourth-order valence-electron chi connectivity index (χ4n) is 3.34. The highest BCUT2D eigenvalue weighted by Crippen LogP contribution is 2.34. The Hall–Kier alpha value is -3.14. The van der Waals surface area contributed by atoms with Gasteiger partial charge in [-0.15, -0.1) is 0 Å². The van der Waals surface area contributed by atoms with Crippen LogP contribution in [0.2, 0.25) is 0 Å². The number of nitrogens with two attached hydrogens (primary N) is 1. The summed E-state index contributed by atoms with van der Waals surface area (Å²) in [5.74, 6) is -0.235. The molecule has 0 radical (unpaired) electrons. The number of aromatic nitrogens is 2. The molecule has 0 aliphatic rings. The second kappa shape index (κ2) is 6.06. The predicted octanol–water partition coefficient (Wildman–Crippen LogP) is 4.78. The zero-order valence-electron chi connectivity index (χ0n) is 13.9. The van der Waals surface area contributed by atoms with Crippen LogP contribution in [0.4, 0.5) is 10.1 Å². The molecule has 0 amide bonds. The van der Waals surface area contributed by atoms with Gasteiger partial charge in [-0.25, -0.2) is 4.39 Å². The highest BCUT2D eigenvalue weighted by molar-refractivity contribution is 5.91. The maximum atomic E-state index is 13.9. The number of anilines is 1. The van der Waals surface area contributed by atoms with Crippen LogP contribution in [-0.4, -0.2) is 9.55 Å². The molecular weight excluding hydrogens is 313 g/mol. The largest absolute Gasteiger partial charge is 0.399 e. The minimum atomic E-state index is -0.235. The van der Waals surface area contributed by atoms with Crippen LogP contribution in [0, 0.1) is 12.7 Å². The van der Waals surface area contributed by atoms with E-state index in [2.05, 4.69) is 16.5 Å². The first-order valence-corrected chi connectivity index (χ1v) is 8.16. The van der Waals surface area contributed by atoms with E-state index in [1.165, 1.54) is 6.07 Å². The summed E-state index contributed by atoms with van der Waals surface area (Å²) >= 11 is 0. The molecule has 4 aromatic rings. The average molecular weight is 331 g/mol. The van der Waals surface area contributed by atoms with Crippen LogP contribution < -0.4 is 5.73 Å². The third kappa shape index (κ3) is 2.76. The fraction of sp³-hybridized carbons (Fsp3) is 0.0952. The maximum absolute atomic E-state index is 13.9. The van der Waals surface area contributed by atoms with Crippen molar-refractivity contribution >= 4 is 16.6 Å². The van der Waals surface area contributed by atoms with E-state index >= 15 is 0 Å². The first kappa shape index (κ1) is 15.4. The normalized spacial score (nSPS) is 11.1. The number of pyridine rings is 1. The molecule has 124 valence electrons. The standard InChI is InChI=1S/C21H18FN3/c1-14-19-9-6-17(22)11-20(19)25(13-15-4-7-18(23)8-5-15)21(14)16-3-2-10-24-12-16/h2-12H,13,23H2,1H3. The van der Waals surface area contributed by atoms with E-state index in [4.69, 9.17) is 5.73 Å². The Bertz CT molecular complexity index is 1030.